The minimum Gasteiger partial charge on any atom is -0.490 e. The van der Waals surface area contributed by atoms with Crippen LogP contribution in [0.1, 0.15) is 29.2 Å². The summed E-state index contributed by atoms with van der Waals surface area (Å²) >= 11 is 1.43. The lowest BCUT2D eigenvalue weighted by Gasteiger charge is -2.29. The van der Waals surface area contributed by atoms with Crippen molar-refractivity contribution in [2.24, 2.45) is 0 Å². The van der Waals surface area contributed by atoms with Crippen LogP contribution in [0, 0.1) is 0 Å². The molecule has 0 saturated heterocycles. The first-order valence-corrected chi connectivity index (χ1v) is 9.93. The summed E-state index contributed by atoms with van der Waals surface area (Å²) < 4.78 is 5.83. The predicted octanol–water partition coefficient (Wildman–Crippen LogP) is 3.20. The van der Waals surface area contributed by atoms with Crippen LogP contribution in [0.4, 0.5) is 22.5 Å². The number of nitrogens with zero attached hydrogens (tertiary/aromatic N) is 3. The lowest BCUT2D eigenvalue weighted by atomic mass is 9.94. The van der Waals surface area contributed by atoms with Crippen molar-refractivity contribution < 1.29 is 9.53 Å². The Morgan fingerprint density at radius 2 is 2.25 bits per heavy atom. The number of anilines is 4. The molecule has 5 rings (SSSR count). The number of aromatic nitrogens is 3. The highest BCUT2D eigenvalue weighted by atomic mass is 32.1. The molecule has 0 saturated carbocycles. The Hall–Kier alpha value is -3.07. The summed E-state index contributed by atoms with van der Waals surface area (Å²) in [7, 11) is 0. The number of ether oxygens (including phenoxy) is 1. The second-order valence-electron chi connectivity index (χ2n) is 7.53. The highest BCUT2D eigenvalue weighted by Gasteiger charge is 2.34. The number of fused-ring (bicyclic) bond motifs is 2. The van der Waals surface area contributed by atoms with Crippen molar-refractivity contribution in [3.05, 3.63) is 41.2 Å². The number of aromatic amines is 1. The summed E-state index contributed by atoms with van der Waals surface area (Å²) in [5.41, 5.74) is 2.41. The standard InChI is InChI=1S/C19H20N6O2S/c1-19(2)10-12-15(16(26)24-19)28-18(23-12)25-7-8-27-14-4-3-11(9-13(14)25)22-17-20-5-6-21-17/h3-6,9H,7-8,10H2,1-2H3,(H,24,26)(H2,20,21,22). The van der Waals surface area contributed by atoms with Gasteiger partial charge in [0.05, 0.1) is 17.9 Å². The molecule has 3 aromatic rings. The smallest absolute Gasteiger partial charge is 0.263 e. The van der Waals surface area contributed by atoms with Crippen LogP contribution < -0.4 is 20.3 Å². The van der Waals surface area contributed by atoms with Crippen LogP contribution >= 0.6 is 11.3 Å². The normalized spacial score (nSPS) is 17.4. The van der Waals surface area contributed by atoms with Gasteiger partial charge in [0.15, 0.2) is 5.13 Å². The van der Waals surface area contributed by atoms with Crippen molar-refractivity contribution in [2.75, 3.05) is 23.4 Å². The first kappa shape index (κ1) is 17.1. The number of H-pyrrole nitrogens is 1. The second kappa shape index (κ2) is 6.23. The minimum absolute atomic E-state index is 0.0447. The molecule has 4 heterocycles. The molecule has 2 aliphatic rings. The van der Waals surface area contributed by atoms with Crippen LogP contribution in [0.15, 0.2) is 30.6 Å². The summed E-state index contributed by atoms with van der Waals surface area (Å²) in [5.74, 6) is 1.43. The largest absolute Gasteiger partial charge is 0.490 e. The highest BCUT2D eigenvalue weighted by molar-refractivity contribution is 7.17. The quantitative estimate of drug-likeness (QED) is 0.629. The number of imidazole rings is 1. The first-order chi connectivity index (χ1) is 13.5. The molecule has 2 aliphatic heterocycles. The highest BCUT2D eigenvalue weighted by Crippen LogP contribution is 2.42. The van der Waals surface area contributed by atoms with E-state index in [9.17, 15) is 4.79 Å². The van der Waals surface area contributed by atoms with E-state index in [1.807, 2.05) is 32.0 Å². The number of thiazole rings is 1. The van der Waals surface area contributed by atoms with Gasteiger partial charge in [0.1, 0.15) is 17.2 Å². The van der Waals surface area contributed by atoms with Gasteiger partial charge in [-0.05, 0) is 32.0 Å². The molecule has 0 unspecified atom stereocenters. The minimum atomic E-state index is -0.279. The van der Waals surface area contributed by atoms with Gasteiger partial charge < -0.3 is 25.3 Å². The average Bonchev–Trinajstić information content (AvgIpc) is 3.30. The molecule has 144 valence electrons. The topological polar surface area (TPSA) is 95.2 Å². The van der Waals surface area contributed by atoms with E-state index in [2.05, 4.69) is 25.5 Å². The Kier molecular flexibility index (Phi) is 3.80. The van der Waals surface area contributed by atoms with Crippen molar-refractivity contribution >= 4 is 39.7 Å². The fourth-order valence-electron chi connectivity index (χ4n) is 3.54. The Morgan fingerprint density at radius 1 is 1.36 bits per heavy atom. The fourth-order valence-corrected chi connectivity index (χ4v) is 4.56. The Bertz CT molecular complexity index is 1040. The van der Waals surface area contributed by atoms with Crippen molar-refractivity contribution in [2.45, 2.75) is 25.8 Å². The van der Waals surface area contributed by atoms with Gasteiger partial charge in [-0.3, -0.25) is 4.79 Å². The van der Waals surface area contributed by atoms with E-state index < -0.39 is 0 Å². The van der Waals surface area contributed by atoms with E-state index in [0.717, 1.165) is 34.4 Å². The molecule has 0 bridgehead atoms. The molecule has 0 radical (unpaired) electrons. The van der Waals surface area contributed by atoms with Crippen LogP contribution in [0.3, 0.4) is 0 Å². The number of hydrogen-bond donors (Lipinski definition) is 3. The number of benzene rings is 1. The Labute approximate surface area is 166 Å². The van der Waals surface area contributed by atoms with E-state index in [-0.39, 0.29) is 11.4 Å². The summed E-state index contributed by atoms with van der Waals surface area (Å²) in [6, 6.07) is 5.91. The number of carbonyl (C=O) groups is 1. The number of hydrogen-bond acceptors (Lipinski definition) is 7. The van der Waals surface area contributed by atoms with Crippen LogP contribution in [0.5, 0.6) is 5.75 Å². The predicted molar refractivity (Wildman–Crippen MR) is 108 cm³/mol. The number of rotatable bonds is 3. The van der Waals surface area contributed by atoms with Crippen LogP contribution in [0.2, 0.25) is 0 Å². The maximum absolute atomic E-state index is 12.5. The molecule has 8 nitrogen and oxygen atoms in total. The molecule has 1 amide bonds. The van der Waals surface area contributed by atoms with Crippen LogP contribution in [0.25, 0.3) is 0 Å². The molecule has 0 aliphatic carbocycles. The fraction of sp³-hybridized carbons (Fsp3) is 0.316. The van der Waals surface area contributed by atoms with Gasteiger partial charge in [0.2, 0.25) is 5.95 Å². The van der Waals surface area contributed by atoms with Gasteiger partial charge in [0.25, 0.3) is 5.91 Å². The molecule has 9 heteroatoms. The molecule has 0 fully saturated rings. The molecule has 0 atom stereocenters. The van der Waals surface area contributed by atoms with Crippen molar-refractivity contribution in [1.29, 1.82) is 0 Å². The third-order valence-electron chi connectivity index (χ3n) is 4.77. The van der Waals surface area contributed by atoms with Gasteiger partial charge >= 0.3 is 0 Å². The van der Waals surface area contributed by atoms with E-state index in [4.69, 9.17) is 9.72 Å². The molecule has 28 heavy (non-hydrogen) atoms. The van der Waals surface area contributed by atoms with E-state index >= 15 is 0 Å². The third-order valence-corrected chi connectivity index (χ3v) is 5.89. The lowest BCUT2D eigenvalue weighted by molar-refractivity contribution is 0.0901. The molecule has 0 spiro atoms. The number of amides is 1. The summed E-state index contributed by atoms with van der Waals surface area (Å²) in [5, 5.41) is 7.11. The molecular weight excluding hydrogens is 376 g/mol. The monoisotopic (exact) mass is 396 g/mol. The molecule has 3 N–H and O–H groups in total. The van der Waals surface area contributed by atoms with Crippen molar-refractivity contribution in [1.82, 2.24) is 20.3 Å². The van der Waals surface area contributed by atoms with Crippen LogP contribution in [-0.4, -0.2) is 39.5 Å². The van der Waals surface area contributed by atoms with E-state index in [1.165, 1.54) is 11.3 Å². The molecule has 2 aromatic heterocycles. The zero-order valence-corrected chi connectivity index (χ0v) is 16.4. The maximum atomic E-state index is 12.5. The first-order valence-electron chi connectivity index (χ1n) is 9.11. The van der Waals surface area contributed by atoms with E-state index in [0.29, 0.717) is 24.0 Å². The van der Waals surface area contributed by atoms with Crippen molar-refractivity contribution in [3.8, 4) is 5.75 Å². The van der Waals surface area contributed by atoms with Crippen molar-refractivity contribution in [3.63, 3.8) is 0 Å². The van der Waals surface area contributed by atoms with Gasteiger partial charge in [-0.15, -0.1) is 0 Å². The zero-order valence-electron chi connectivity index (χ0n) is 15.6. The van der Waals surface area contributed by atoms with Gasteiger partial charge in [-0.2, -0.15) is 0 Å². The van der Waals surface area contributed by atoms with Gasteiger partial charge in [-0.25, -0.2) is 9.97 Å². The lowest BCUT2D eigenvalue weighted by Crippen LogP contribution is -2.48. The summed E-state index contributed by atoms with van der Waals surface area (Å²) in [4.78, 5) is 27.3. The molecule has 1 aromatic carbocycles. The molecular formula is C19H20N6O2S. The Morgan fingerprint density at radius 3 is 3.07 bits per heavy atom. The zero-order chi connectivity index (χ0) is 19.3. The number of nitrogens with one attached hydrogen (secondary N) is 3. The van der Waals surface area contributed by atoms with Gasteiger partial charge in [0, 0.05) is 30.0 Å². The SMILES string of the molecule is CC1(C)Cc2nc(N3CCOc4ccc(Nc5ncc[nH]5)cc43)sc2C(=O)N1. The summed E-state index contributed by atoms with van der Waals surface area (Å²) in [6.07, 6.45) is 4.19. The third kappa shape index (κ3) is 2.97. The second-order valence-corrected chi connectivity index (χ2v) is 8.51. The van der Waals surface area contributed by atoms with Gasteiger partial charge in [-0.1, -0.05) is 11.3 Å². The Balaban J connectivity index is 1.51. The number of carbonyl (C=O) groups excluding carboxylic acids is 1. The maximum Gasteiger partial charge on any atom is 0.263 e. The van der Waals surface area contributed by atoms with Crippen LogP contribution in [-0.2, 0) is 6.42 Å². The summed E-state index contributed by atoms with van der Waals surface area (Å²) in [6.45, 7) is 5.28. The average molecular weight is 396 g/mol. The van der Waals surface area contributed by atoms with E-state index in [1.54, 1.807) is 12.4 Å².